The normalized spacial score (nSPS) is 10.4. The van der Waals surface area contributed by atoms with Crippen LogP contribution in [-0.2, 0) is 4.74 Å². The summed E-state index contributed by atoms with van der Waals surface area (Å²) in [7, 11) is 1.66. The molecule has 2 N–H and O–H groups in total. The van der Waals surface area contributed by atoms with Crippen LogP contribution in [0.3, 0.4) is 0 Å². The number of amides is 1. The van der Waals surface area contributed by atoms with Crippen LogP contribution in [0.15, 0.2) is 30.3 Å². The summed E-state index contributed by atoms with van der Waals surface area (Å²) in [6.07, 6.45) is 0.869. The van der Waals surface area contributed by atoms with Crippen LogP contribution in [0.4, 0.5) is 11.6 Å². The smallest absolute Gasteiger partial charge is 0.256 e. The number of methoxy groups -OCH3 is 1. The molecule has 0 aliphatic carbocycles. The van der Waals surface area contributed by atoms with Gasteiger partial charge in [-0.1, -0.05) is 23.2 Å². The van der Waals surface area contributed by atoms with Crippen molar-refractivity contribution in [3.63, 3.8) is 0 Å². The van der Waals surface area contributed by atoms with Crippen LogP contribution < -0.4 is 10.6 Å². The van der Waals surface area contributed by atoms with Crippen LogP contribution in [0, 0.1) is 0 Å². The van der Waals surface area contributed by atoms with Gasteiger partial charge in [0, 0.05) is 25.8 Å². The molecule has 1 aromatic heterocycles. The maximum atomic E-state index is 12.1. The highest BCUT2D eigenvalue weighted by atomic mass is 35.5. The van der Waals surface area contributed by atoms with Gasteiger partial charge in [-0.15, -0.1) is 10.2 Å². The number of nitrogens with zero attached hydrogens (tertiary/aromatic N) is 2. The molecule has 122 valence electrons. The van der Waals surface area contributed by atoms with Crippen LogP contribution in [0.2, 0.25) is 10.0 Å². The molecule has 23 heavy (non-hydrogen) atoms. The van der Waals surface area contributed by atoms with Crippen molar-refractivity contribution in [1.82, 2.24) is 10.2 Å². The molecule has 0 radical (unpaired) electrons. The highest BCUT2D eigenvalue weighted by molar-refractivity contribution is 6.42. The van der Waals surface area contributed by atoms with Crippen molar-refractivity contribution >= 4 is 40.7 Å². The largest absolute Gasteiger partial charge is 0.385 e. The van der Waals surface area contributed by atoms with Crippen LogP contribution in [0.1, 0.15) is 16.8 Å². The lowest BCUT2D eigenvalue weighted by Crippen LogP contribution is -2.14. The second kappa shape index (κ2) is 8.67. The summed E-state index contributed by atoms with van der Waals surface area (Å²) in [5.74, 6) is 0.649. The Morgan fingerprint density at radius 2 is 1.87 bits per heavy atom. The summed E-state index contributed by atoms with van der Waals surface area (Å²) in [6.45, 7) is 1.41. The summed E-state index contributed by atoms with van der Waals surface area (Å²) in [6, 6.07) is 8.06. The van der Waals surface area contributed by atoms with Crippen LogP contribution in [0.25, 0.3) is 0 Å². The number of benzene rings is 1. The average Bonchev–Trinajstić information content (AvgIpc) is 2.55. The van der Waals surface area contributed by atoms with E-state index in [-0.39, 0.29) is 5.91 Å². The monoisotopic (exact) mass is 354 g/mol. The van der Waals surface area contributed by atoms with Crippen LogP contribution in [-0.4, -0.2) is 36.4 Å². The SMILES string of the molecule is COCCCNc1ccc(NC(=O)c2ccc(Cl)c(Cl)c2)nn1. The summed E-state index contributed by atoms with van der Waals surface area (Å²) < 4.78 is 4.96. The van der Waals surface area contributed by atoms with E-state index in [0.29, 0.717) is 33.9 Å². The molecule has 0 bridgehead atoms. The van der Waals surface area contributed by atoms with Crippen LogP contribution in [0.5, 0.6) is 0 Å². The predicted octanol–water partition coefficient (Wildman–Crippen LogP) is 3.48. The first-order valence-corrected chi connectivity index (χ1v) is 7.68. The van der Waals surface area contributed by atoms with Crippen LogP contribution >= 0.6 is 23.2 Å². The highest BCUT2D eigenvalue weighted by Gasteiger charge is 2.09. The van der Waals surface area contributed by atoms with Crippen molar-refractivity contribution in [2.24, 2.45) is 0 Å². The molecule has 0 aliphatic heterocycles. The lowest BCUT2D eigenvalue weighted by Gasteiger charge is -2.07. The van der Waals surface area contributed by atoms with E-state index in [1.54, 1.807) is 31.4 Å². The number of hydrogen-bond donors (Lipinski definition) is 2. The molecule has 1 heterocycles. The number of ether oxygens (including phenoxy) is 1. The van der Waals surface area contributed by atoms with E-state index in [0.717, 1.165) is 13.0 Å². The first kappa shape index (κ1) is 17.5. The molecule has 0 spiro atoms. The fourth-order valence-electron chi connectivity index (χ4n) is 1.75. The first-order chi connectivity index (χ1) is 11.1. The Kier molecular flexibility index (Phi) is 6.58. The van der Waals surface area contributed by atoms with Gasteiger partial charge in [-0.05, 0) is 36.8 Å². The van der Waals surface area contributed by atoms with Gasteiger partial charge in [-0.3, -0.25) is 4.79 Å². The third kappa shape index (κ3) is 5.35. The fourth-order valence-corrected chi connectivity index (χ4v) is 2.05. The van der Waals surface area contributed by atoms with Gasteiger partial charge in [-0.25, -0.2) is 0 Å². The number of anilines is 2. The summed E-state index contributed by atoms with van der Waals surface area (Å²) in [4.78, 5) is 12.1. The topological polar surface area (TPSA) is 76.1 Å². The van der Waals surface area contributed by atoms with Crippen molar-refractivity contribution in [1.29, 1.82) is 0 Å². The Bertz CT molecular complexity index is 665. The molecule has 0 fully saturated rings. The lowest BCUT2D eigenvalue weighted by molar-refractivity contribution is 0.102. The molecule has 2 aromatic rings. The van der Waals surface area contributed by atoms with E-state index < -0.39 is 0 Å². The van der Waals surface area contributed by atoms with E-state index in [2.05, 4.69) is 20.8 Å². The minimum atomic E-state index is -0.335. The molecule has 0 atom stereocenters. The molecule has 1 aromatic carbocycles. The lowest BCUT2D eigenvalue weighted by atomic mass is 10.2. The fraction of sp³-hybridized carbons (Fsp3) is 0.267. The second-order valence-corrected chi connectivity index (χ2v) is 5.47. The Balaban J connectivity index is 1.92. The van der Waals surface area contributed by atoms with Gasteiger partial charge >= 0.3 is 0 Å². The van der Waals surface area contributed by atoms with Crippen molar-refractivity contribution in [3.05, 3.63) is 45.9 Å². The zero-order chi connectivity index (χ0) is 16.7. The Labute approximate surface area is 144 Å². The van der Waals surface area contributed by atoms with Gasteiger partial charge in [-0.2, -0.15) is 0 Å². The molecule has 8 heteroatoms. The molecule has 0 unspecified atom stereocenters. The standard InChI is InChI=1S/C15H16Cl2N4O2/c1-23-8-2-7-18-13-5-6-14(21-20-13)19-15(22)10-3-4-11(16)12(17)9-10/h3-6,9H,2,7-8H2,1H3,(H,18,20)(H,19,21,22). The molecular formula is C15H16Cl2N4O2. The van der Waals surface area contributed by atoms with Gasteiger partial charge < -0.3 is 15.4 Å². The first-order valence-electron chi connectivity index (χ1n) is 6.93. The molecule has 0 saturated heterocycles. The number of halogens is 2. The zero-order valence-corrected chi connectivity index (χ0v) is 14.0. The Morgan fingerprint density at radius 3 is 2.52 bits per heavy atom. The number of carbonyl (C=O) groups is 1. The predicted molar refractivity (Wildman–Crippen MR) is 91.4 cm³/mol. The third-order valence-corrected chi connectivity index (χ3v) is 3.66. The van der Waals surface area contributed by atoms with Crippen molar-refractivity contribution in [2.75, 3.05) is 30.9 Å². The average molecular weight is 355 g/mol. The molecular weight excluding hydrogens is 339 g/mol. The van der Waals surface area contributed by atoms with Gasteiger partial charge in [0.25, 0.3) is 5.91 Å². The minimum absolute atomic E-state index is 0.320. The summed E-state index contributed by atoms with van der Waals surface area (Å²) >= 11 is 11.7. The van der Waals surface area contributed by atoms with Crippen molar-refractivity contribution in [2.45, 2.75) is 6.42 Å². The van der Waals surface area contributed by atoms with Crippen molar-refractivity contribution in [3.8, 4) is 0 Å². The minimum Gasteiger partial charge on any atom is -0.385 e. The summed E-state index contributed by atoms with van der Waals surface area (Å²) in [5.41, 5.74) is 0.392. The van der Waals surface area contributed by atoms with Gasteiger partial charge in [0.05, 0.1) is 10.0 Å². The second-order valence-electron chi connectivity index (χ2n) is 4.66. The number of nitrogens with one attached hydrogen (secondary N) is 2. The highest BCUT2D eigenvalue weighted by Crippen LogP contribution is 2.23. The third-order valence-electron chi connectivity index (χ3n) is 2.92. The van der Waals surface area contributed by atoms with E-state index in [1.807, 2.05) is 0 Å². The van der Waals surface area contributed by atoms with Gasteiger partial charge in [0.1, 0.15) is 5.82 Å². The van der Waals surface area contributed by atoms with Crippen molar-refractivity contribution < 1.29 is 9.53 Å². The number of aromatic nitrogens is 2. The molecule has 1 amide bonds. The number of carbonyl (C=O) groups excluding carboxylic acids is 1. The van der Waals surface area contributed by atoms with E-state index in [9.17, 15) is 4.79 Å². The maximum Gasteiger partial charge on any atom is 0.256 e. The number of hydrogen-bond acceptors (Lipinski definition) is 5. The molecule has 6 nitrogen and oxygen atoms in total. The Morgan fingerprint density at radius 1 is 1.13 bits per heavy atom. The van der Waals surface area contributed by atoms with E-state index in [1.165, 1.54) is 6.07 Å². The zero-order valence-electron chi connectivity index (χ0n) is 12.5. The van der Waals surface area contributed by atoms with E-state index >= 15 is 0 Å². The Hall–Kier alpha value is -1.89. The van der Waals surface area contributed by atoms with Gasteiger partial charge in [0.15, 0.2) is 5.82 Å². The molecule has 0 saturated carbocycles. The van der Waals surface area contributed by atoms with Gasteiger partial charge in [0.2, 0.25) is 0 Å². The molecule has 0 aliphatic rings. The number of rotatable bonds is 7. The molecule has 2 rings (SSSR count). The quantitative estimate of drug-likeness (QED) is 0.744. The maximum absolute atomic E-state index is 12.1. The van der Waals surface area contributed by atoms with E-state index in [4.69, 9.17) is 27.9 Å². The summed E-state index contributed by atoms with van der Waals surface area (Å²) in [5, 5.41) is 14.4.